The first kappa shape index (κ1) is 27.1. The highest BCUT2D eigenvalue weighted by Gasteiger charge is 2.23. The summed E-state index contributed by atoms with van der Waals surface area (Å²) in [6, 6.07) is 8.01. The van der Waals surface area contributed by atoms with Gasteiger partial charge < -0.3 is 14.8 Å². The number of carbonyl (C=O) groups is 1. The van der Waals surface area contributed by atoms with Crippen LogP contribution in [0.25, 0.3) is 11.1 Å². The van der Waals surface area contributed by atoms with Gasteiger partial charge in [0.25, 0.3) is 0 Å². The number of carbonyl (C=O) groups excluding carboxylic acids is 1. The van der Waals surface area contributed by atoms with Crippen molar-refractivity contribution in [3.8, 4) is 11.1 Å². The average Bonchev–Trinajstić information content (AvgIpc) is 3.51. The third kappa shape index (κ3) is 6.29. The monoisotopic (exact) mass is 527 g/mol. The van der Waals surface area contributed by atoms with E-state index in [2.05, 4.69) is 15.2 Å². The molecule has 0 saturated carbocycles. The average molecular weight is 527 g/mol. The fourth-order valence-electron chi connectivity index (χ4n) is 3.74. The quantitative estimate of drug-likeness (QED) is 0.267. The van der Waals surface area contributed by atoms with E-state index in [4.69, 9.17) is 4.74 Å². The first-order valence-electron chi connectivity index (χ1n) is 11.6. The number of hydrogen-bond donors (Lipinski definition) is 2. The highest BCUT2D eigenvalue weighted by Crippen LogP contribution is 2.27. The molecule has 0 amide bonds. The van der Waals surface area contributed by atoms with Crippen LogP contribution < -0.4 is 5.46 Å². The molecule has 0 bridgehead atoms. The van der Waals surface area contributed by atoms with Crippen LogP contribution in [-0.4, -0.2) is 53.3 Å². The van der Waals surface area contributed by atoms with Crippen molar-refractivity contribution in [1.82, 2.24) is 24.5 Å². The molecular weight excluding hydrogens is 502 g/mol. The number of halogens is 3. The van der Waals surface area contributed by atoms with E-state index < -0.39 is 37.1 Å². The van der Waals surface area contributed by atoms with E-state index in [0.29, 0.717) is 27.2 Å². The molecular formula is C25H25BF3N5O4. The molecule has 2 N–H and O–H groups in total. The maximum absolute atomic E-state index is 14.8. The standard InChI is InChI=1S/C25H25BF3N5O4/c1-25(2,3)38-23(35)19-6-4-15(10-20(19)27)16-12-31-34(14-16)22(11-18-8-9-33(32-18)24(28)29)21-7-5-17(13-30-21)26(36)37/h4-10,12-14,22,24,36-37H,11H2,1-3H3. The molecule has 3 aromatic heterocycles. The van der Waals surface area contributed by atoms with Crippen LogP contribution in [0.15, 0.2) is 61.2 Å². The Bertz CT molecular complexity index is 1420. The third-order valence-corrected chi connectivity index (χ3v) is 5.56. The predicted molar refractivity (Wildman–Crippen MR) is 132 cm³/mol. The lowest BCUT2D eigenvalue weighted by molar-refractivity contribution is 0.00646. The van der Waals surface area contributed by atoms with Crippen molar-refractivity contribution in [3.05, 3.63) is 84.0 Å². The Hall–Kier alpha value is -3.97. The van der Waals surface area contributed by atoms with Crippen LogP contribution in [0.1, 0.15) is 55.1 Å². The summed E-state index contributed by atoms with van der Waals surface area (Å²) in [6.45, 7) is 2.28. The molecule has 4 aromatic rings. The SMILES string of the molecule is CC(C)(C)OC(=O)c1ccc(-c2cnn(C(Cc3ccn(C(F)F)n3)c3ccc(B(O)O)cn3)c2)cc1F. The van der Waals surface area contributed by atoms with Crippen molar-refractivity contribution < 1.29 is 32.8 Å². The third-order valence-electron chi connectivity index (χ3n) is 5.56. The van der Waals surface area contributed by atoms with E-state index in [1.165, 1.54) is 47.5 Å². The van der Waals surface area contributed by atoms with Gasteiger partial charge in [-0.15, -0.1) is 0 Å². The number of hydrogen-bond acceptors (Lipinski definition) is 7. The van der Waals surface area contributed by atoms with Gasteiger partial charge in [0.05, 0.1) is 29.2 Å². The summed E-state index contributed by atoms with van der Waals surface area (Å²) in [5.41, 5.74) is 1.01. The summed E-state index contributed by atoms with van der Waals surface area (Å²) in [6.07, 6.45) is 5.73. The first-order valence-corrected chi connectivity index (χ1v) is 11.6. The number of alkyl halides is 2. The molecule has 13 heteroatoms. The first-order chi connectivity index (χ1) is 17.9. The number of esters is 1. The number of benzene rings is 1. The molecule has 0 aliphatic carbocycles. The van der Waals surface area contributed by atoms with E-state index in [0.717, 1.165) is 0 Å². The zero-order valence-corrected chi connectivity index (χ0v) is 20.8. The minimum atomic E-state index is -2.79. The van der Waals surface area contributed by atoms with E-state index in [-0.39, 0.29) is 17.4 Å². The molecule has 198 valence electrons. The second kappa shape index (κ2) is 10.8. The second-order valence-electron chi connectivity index (χ2n) is 9.58. The predicted octanol–water partition coefficient (Wildman–Crippen LogP) is 3.14. The molecule has 0 aliphatic heterocycles. The van der Waals surface area contributed by atoms with Gasteiger partial charge in [0, 0.05) is 36.0 Å². The van der Waals surface area contributed by atoms with Crippen LogP contribution in [0.5, 0.6) is 0 Å². The molecule has 9 nitrogen and oxygen atoms in total. The zero-order chi connectivity index (χ0) is 27.6. The van der Waals surface area contributed by atoms with Crippen molar-refractivity contribution in [2.45, 2.75) is 45.4 Å². The molecule has 3 heterocycles. The van der Waals surface area contributed by atoms with Crippen LogP contribution in [0, 0.1) is 5.82 Å². The number of pyridine rings is 1. The number of rotatable bonds is 8. The van der Waals surface area contributed by atoms with Gasteiger partial charge in [-0.2, -0.15) is 19.0 Å². The number of ether oxygens (including phenoxy) is 1. The number of nitrogens with zero attached hydrogens (tertiary/aromatic N) is 5. The summed E-state index contributed by atoms with van der Waals surface area (Å²) in [5.74, 6) is -1.53. The smallest absolute Gasteiger partial charge is 0.456 e. The van der Waals surface area contributed by atoms with Gasteiger partial charge in [-0.05, 0) is 50.6 Å². The molecule has 1 atom stereocenters. The van der Waals surface area contributed by atoms with Crippen molar-refractivity contribution in [3.63, 3.8) is 0 Å². The second-order valence-corrected chi connectivity index (χ2v) is 9.58. The van der Waals surface area contributed by atoms with Gasteiger partial charge in [-0.3, -0.25) is 9.67 Å². The van der Waals surface area contributed by atoms with Crippen LogP contribution in [0.2, 0.25) is 0 Å². The van der Waals surface area contributed by atoms with Crippen molar-refractivity contribution in [1.29, 1.82) is 0 Å². The summed E-state index contributed by atoms with van der Waals surface area (Å²) in [5, 5.41) is 27.0. The minimum absolute atomic E-state index is 0.140. The van der Waals surface area contributed by atoms with Crippen LogP contribution in [0.4, 0.5) is 13.2 Å². The van der Waals surface area contributed by atoms with Gasteiger partial charge >= 0.3 is 19.6 Å². The Kier molecular flexibility index (Phi) is 7.69. The van der Waals surface area contributed by atoms with Crippen LogP contribution >= 0.6 is 0 Å². The summed E-state index contributed by atoms with van der Waals surface area (Å²) < 4.78 is 48.2. The molecule has 1 unspecified atom stereocenters. The maximum atomic E-state index is 14.8. The fraction of sp³-hybridized carbons (Fsp3) is 0.280. The van der Waals surface area contributed by atoms with E-state index >= 15 is 0 Å². The van der Waals surface area contributed by atoms with E-state index in [9.17, 15) is 28.0 Å². The Balaban J connectivity index is 1.65. The molecule has 38 heavy (non-hydrogen) atoms. The molecule has 1 aromatic carbocycles. The molecule has 4 rings (SSSR count). The van der Waals surface area contributed by atoms with Crippen LogP contribution in [0.3, 0.4) is 0 Å². The Morgan fingerprint density at radius 3 is 2.42 bits per heavy atom. The Labute approximate surface area is 216 Å². The lowest BCUT2D eigenvalue weighted by Crippen LogP contribution is -2.30. The topological polar surface area (TPSA) is 115 Å². The lowest BCUT2D eigenvalue weighted by Gasteiger charge is -2.19. The van der Waals surface area contributed by atoms with Crippen molar-refractivity contribution in [2.75, 3.05) is 0 Å². The van der Waals surface area contributed by atoms with Crippen molar-refractivity contribution in [2.24, 2.45) is 0 Å². The Morgan fingerprint density at radius 1 is 1.08 bits per heavy atom. The van der Waals surface area contributed by atoms with Gasteiger partial charge in [0.15, 0.2) is 0 Å². The minimum Gasteiger partial charge on any atom is -0.456 e. The molecule has 0 saturated heterocycles. The van der Waals surface area contributed by atoms with Gasteiger partial charge in [0.1, 0.15) is 11.4 Å². The van der Waals surface area contributed by atoms with Gasteiger partial charge in [-0.1, -0.05) is 12.1 Å². The van der Waals surface area contributed by atoms with Gasteiger partial charge in [0.2, 0.25) is 0 Å². The lowest BCUT2D eigenvalue weighted by atomic mass is 9.81. The molecule has 0 spiro atoms. The molecule has 0 aliphatic rings. The molecule has 0 radical (unpaired) electrons. The van der Waals surface area contributed by atoms with Crippen LogP contribution in [-0.2, 0) is 11.2 Å². The summed E-state index contributed by atoms with van der Waals surface area (Å²) in [4.78, 5) is 16.6. The normalized spacial score (nSPS) is 12.6. The fourth-order valence-corrected chi connectivity index (χ4v) is 3.74. The van der Waals surface area contributed by atoms with E-state index in [1.807, 2.05) is 0 Å². The number of aromatic nitrogens is 5. The maximum Gasteiger partial charge on any atom is 0.490 e. The van der Waals surface area contributed by atoms with E-state index in [1.54, 1.807) is 39.1 Å². The summed E-state index contributed by atoms with van der Waals surface area (Å²) in [7, 11) is -1.70. The zero-order valence-electron chi connectivity index (χ0n) is 20.8. The summed E-state index contributed by atoms with van der Waals surface area (Å²) >= 11 is 0. The Morgan fingerprint density at radius 2 is 1.84 bits per heavy atom. The highest BCUT2D eigenvalue weighted by molar-refractivity contribution is 6.58. The largest absolute Gasteiger partial charge is 0.490 e. The van der Waals surface area contributed by atoms with Crippen molar-refractivity contribution >= 4 is 18.6 Å². The molecule has 0 fully saturated rings. The highest BCUT2D eigenvalue weighted by atomic mass is 19.3. The van der Waals surface area contributed by atoms with Gasteiger partial charge in [-0.25, -0.2) is 13.9 Å².